The van der Waals surface area contributed by atoms with Crippen LogP contribution in [0.3, 0.4) is 0 Å². The quantitative estimate of drug-likeness (QED) is 0.623. The second-order valence-corrected chi connectivity index (χ2v) is 5.40. The van der Waals surface area contributed by atoms with Crippen molar-refractivity contribution in [2.24, 2.45) is 11.8 Å². The molecule has 3 N–H and O–H groups in total. The molecule has 3 atom stereocenters. The lowest BCUT2D eigenvalue weighted by Crippen LogP contribution is -2.32. The molecule has 3 rings (SSSR count). The van der Waals surface area contributed by atoms with Crippen molar-refractivity contribution in [3.8, 4) is 0 Å². The molecule has 0 radical (unpaired) electrons. The normalized spacial score (nSPS) is 22.7. The van der Waals surface area contributed by atoms with Gasteiger partial charge in [0.1, 0.15) is 12.2 Å². The molecule has 3 unspecified atom stereocenters. The van der Waals surface area contributed by atoms with E-state index in [9.17, 15) is 0 Å². The summed E-state index contributed by atoms with van der Waals surface area (Å²) in [7, 11) is 0. The van der Waals surface area contributed by atoms with Gasteiger partial charge in [0.2, 0.25) is 0 Å². The van der Waals surface area contributed by atoms with Crippen molar-refractivity contribution in [1.82, 2.24) is 20.2 Å². The molecule has 1 saturated carbocycles. The van der Waals surface area contributed by atoms with Crippen LogP contribution >= 0.6 is 0 Å². The molecule has 0 spiro atoms. The average molecular weight is 271 g/mol. The number of rotatable bonds is 6. The van der Waals surface area contributed by atoms with E-state index >= 15 is 0 Å². The maximum absolute atomic E-state index is 5.78. The van der Waals surface area contributed by atoms with Crippen LogP contribution in [0.1, 0.15) is 43.1 Å². The van der Waals surface area contributed by atoms with Crippen molar-refractivity contribution in [3.05, 3.63) is 48.0 Å². The van der Waals surface area contributed by atoms with E-state index < -0.39 is 0 Å². The van der Waals surface area contributed by atoms with Gasteiger partial charge >= 0.3 is 0 Å². The van der Waals surface area contributed by atoms with Crippen LogP contribution in [0.5, 0.6) is 0 Å². The largest absolute Gasteiger partial charge is 0.271 e. The molecule has 5 heteroatoms. The van der Waals surface area contributed by atoms with Gasteiger partial charge in [-0.25, -0.2) is 15.1 Å². The molecule has 0 saturated heterocycles. The molecular formula is C15H21N5. The Morgan fingerprint density at radius 1 is 1.40 bits per heavy atom. The Bertz CT molecular complexity index is 550. The maximum atomic E-state index is 5.78. The summed E-state index contributed by atoms with van der Waals surface area (Å²) < 4.78 is 1.96. The molecule has 2 aromatic rings. The van der Waals surface area contributed by atoms with Crippen molar-refractivity contribution in [3.63, 3.8) is 0 Å². The van der Waals surface area contributed by atoms with E-state index in [1.54, 1.807) is 6.33 Å². The standard InChI is InChI=1S/C15H21N5/c1-2-8-20-15(17-10-18-20)14(19-16)13-9-12(13)11-6-4-3-5-7-11/h3-7,10,12-14,19H,2,8-9,16H2,1H3. The summed E-state index contributed by atoms with van der Waals surface area (Å²) in [6.07, 6.45) is 3.81. The zero-order valence-electron chi connectivity index (χ0n) is 11.7. The molecule has 1 aliphatic rings. The number of hydrogen-bond acceptors (Lipinski definition) is 4. The number of aromatic nitrogens is 3. The van der Waals surface area contributed by atoms with E-state index in [0.717, 1.165) is 25.2 Å². The van der Waals surface area contributed by atoms with Crippen molar-refractivity contribution in [2.45, 2.75) is 38.3 Å². The number of hydrazine groups is 1. The zero-order valence-corrected chi connectivity index (χ0v) is 11.7. The highest BCUT2D eigenvalue weighted by Crippen LogP contribution is 2.53. The Labute approximate surface area is 119 Å². The second-order valence-electron chi connectivity index (χ2n) is 5.40. The van der Waals surface area contributed by atoms with Crippen LogP contribution in [0.15, 0.2) is 36.7 Å². The van der Waals surface area contributed by atoms with Crippen LogP contribution < -0.4 is 11.3 Å². The Morgan fingerprint density at radius 3 is 2.90 bits per heavy atom. The number of nitrogens with one attached hydrogen (secondary N) is 1. The predicted molar refractivity (Wildman–Crippen MR) is 77.7 cm³/mol. The second kappa shape index (κ2) is 5.73. The van der Waals surface area contributed by atoms with Gasteiger partial charge in [-0.2, -0.15) is 5.10 Å². The van der Waals surface area contributed by atoms with Crippen molar-refractivity contribution >= 4 is 0 Å². The fraction of sp³-hybridized carbons (Fsp3) is 0.467. The summed E-state index contributed by atoms with van der Waals surface area (Å²) in [6.45, 7) is 3.02. The third-order valence-electron chi connectivity index (χ3n) is 4.03. The fourth-order valence-electron chi connectivity index (χ4n) is 2.95. The highest BCUT2D eigenvalue weighted by molar-refractivity contribution is 5.27. The lowest BCUT2D eigenvalue weighted by atomic mass is 10.1. The monoisotopic (exact) mass is 271 g/mol. The van der Waals surface area contributed by atoms with E-state index in [0.29, 0.717) is 11.8 Å². The van der Waals surface area contributed by atoms with Crippen LogP contribution in [-0.4, -0.2) is 14.8 Å². The summed E-state index contributed by atoms with van der Waals surface area (Å²) in [5.41, 5.74) is 4.33. The van der Waals surface area contributed by atoms with Gasteiger partial charge in [0, 0.05) is 6.54 Å². The van der Waals surface area contributed by atoms with Crippen LogP contribution in [-0.2, 0) is 6.54 Å². The first-order valence-electron chi connectivity index (χ1n) is 7.24. The van der Waals surface area contributed by atoms with Gasteiger partial charge in [-0.15, -0.1) is 0 Å². The van der Waals surface area contributed by atoms with Crippen molar-refractivity contribution in [1.29, 1.82) is 0 Å². The van der Waals surface area contributed by atoms with Gasteiger partial charge in [-0.05, 0) is 30.2 Å². The van der Waals surface area contributed by atoms with Crippen LogP contribution in [0.25, 0.3) is 0 Å². The number of benzene rings is 1. The minimum atomic E-state index is 0.0780. The van der Waals surface area contributed by atoms with E-state index in [1.807, 2.05) is 4.68 Å². The Morgan fingerprint density at radius 2 is 2.20 bits per heavy atom. The van der Waals surface area contributed by atoms with Gasteiger partial charge in [-0.1, -0.05) is 37.3 Å². The number of nitrogens with two attached hydrogens (primary N) is 1. The highest BCUT2D eigenvalue weighted by Gasteiger charge is 2.45. The maximum Gasteiger partial charge on any atom is 0.145 e. The minimum absolute atomic E-state index is 0.0780. The molecule has 1 heterocycles. The Hall–Kier alpha value is -1.72. The smallest absolute Gasteiger partial charge is 0.145 e. The Balaban J connectivity index is 1.77. The average Bonchev–Trinajstić information content (AvgIpc) is 3.14. The summed E-state index contributed by atoms with van der Waals surface area (Å²) in [6, 6.07) is 10.7. The number of hydrogen-bond donors (Lipinski definition) is 2. The topological polar surface area (TPSA) is 68.8 Å². The first-order chi connectivity index (χ1) is 9.85. The lowest BCUT2D eigenvalue weighted by Gasteiger charge is -2.16. The molecule has 20 heavy (non-hydrogen) atoms. The summed E-state index contributed by atoms with van der Waals surface area (Å²) in [5.74, 6) is 7.81. The first kappa shape index (κ1) is 13.3. The first-order valence-corrected chi connectivity index (χ1v) is 7.24. The minimum Gasteiger partial charge on any atom is -0.271 e. The molecule has 0 amide bonds. The van der Waals surface area contributed by atoms with Gasteiger partial charge in [0.15, 0.2) is 0 Å². The van der Waals surface area contributed by atoms with E-state index in [1.165, 1.54) is 5.56 Å². The summed E-state index contributed by atoms with van der Waals surface area (Å²) >= 11 is 0. The third-order valence-corrected chi connectivity index (χ3v) is 4.03. The van der Waals surface area contributed by atoms with E-state index in [-0.39, 0.29) is 6.04 Å². The van der Waals surface area contributed by atoms with E-state index in [2.05, 4.69) is 52.8 Å². The molecule has 1 aliphatic carbocycles. The fourth-order valence-corrected chi connectivity index (χ4v) is 2.95. The Kier molecular flexibility index (Phi) is 3.80. The predicted octanol–water partition coefficient (Wildman–Crippen LogP) is 2.00. The van der Waals surface area contributed by atoms with Crippen LogP contribution in [0.2, 0.25) is 0 Å². The number of nitrogens with zero attached hydrogens (tertiary/aromatic N) is 3. The molecule has 5 nitrogen and oxygen atoms in total. The number of aryl methyl sites for hydroxylation is 1. The molecule has 0 aliphatic heterocycles. The van der Waals surface area contributed by atoms with Crippen molar-refractivity contribution in [2.75, 3.05) is 0 Å². The highest BCUT2D eigenvalue weighted by atomic mass is 15.4. The van der Waals surface area contributed by atoms with Gasteiger partial charge in [0.25, 0.3) is 0 Å². The van der Waals surface area contributed by atoms with Crippen molar-refractivity contribution < 1.29 is 0 Å². The SMILES string of the molecule is CCCn1ncnc1C(NN)C1CC1c1ccccc1. The lowest BCUT2D eigenvalue weighted by molar-refractivity contribution is 0.426. The molecule has 106 valence electrons. The molecule has 1 fully saturated rings. The summed E-state index contributed by atoms with van der Waals surface area (Å²) in [4.78, 5) is 4.40. The van der Waals surface area contributed by atoms with Gasteiger partial charge in [0.05, 0.1) is 6.04 Å². The zero-order chi connectivity index (χ0) is 13.9. The summed E-state index contributed by atoms with van der Waals surface area (Å²) in [5, 5.41) is 4.29. The van der Waals surface area contributed by atoms with Gasteiger partial charge < -0.3 is 0 Å². The van der Waals surface area contributed by atoms with Crippen LogP contribution in [0, 0.1) is 5.92 Å². The third kappa shape index (κ3) is 2.46. The molecule has 1 aromatic carbocycles. The molecule has 1 aromatic heterocycles. The van der Waals surface area contributed by atoms with Gasteiger partial charge in [-0.3, -0.25) is 5.84 Å². The van der Waals surface area contributed by atoms with Crippen LogP contribution in [0.4, 0.5) is 0 Å². The van der Waals surface area contributed by atoms with E-state index in [4.69, 9.17) is 5.84 Å². The molecule has 0 bridgehead atoms. The molecular weight excluding hydrogens is 250 g/mol.